The SMILES string of the molecule is CCC(O)CNC(C)CNC(=O)OC(C)(C)C. The van der Waals surface area contributed by atoms with Crippen LogP contribution in [0.3, 0.4) is 0 Å². The lowest BCUT2D eigenvalue weighted by atomic mass is 10.2. The molecule has 0 aliphatic rings. The molecule has 0 aromatic carbocycles. The van der Waals surface area contributed by atoms with Crippen molar-refractivity contribution in [3.63, 3.8) is 0 Å². The van der Waals surface area contributed by atoms with Crippen LogP contribution < -0.4 is 10.6 Å². The standard InChI is InChI=1S/C12H26N2O3/c1-6-10(15)8-13-9(2)7-14-11(16)17-12(3,4)5/h9-10,13,15H,6-8H2,1-5H3,(H,14,16). The minimum atomic E-state index is -0.473. The van der Waals surface area contributed by atoms with E-state index in [2.05, 4.69) is 10.6 Å². The van der Waals surface area contributed by atoms with E-state index in [1.54, 1.807) is 0 Å². The molecule has 17 heavy (non-hydrogen) atoms. The first-order chi connectivity index (χ1) is 7.74. The van der Waals surface area contributed by atoms with E-state index in [1.807, 2.05) is 34.6 Å². The zero-order chi connectivity index (χ0) is 13.5. The molecule has 0 aliphatic heterocycles. The molecular weight excluding hydrogens is 220 g/mol. The molecule has 5 heteroatoms. The van der Waals surface area contributed by atoms with Crippen LogP contribution in [0.25, 0.3) is 0 Å². The number of rotatable bonds is 6. The number of alkyl carbamates (subject to hydrolysis) is 1. The lowest BCUT2D eigenvalue weighted by Gasteiger charge is -2.21. The van der Waals surface area contributed by atoms with Crippen LogP contribution in [0, 0.1) is 0 Å². The van der Waals surface area contributed by atoms with Crippen molar-refractivity contribution in [2.24, 2.45) is 0 Å². The van der Waals surface area contributed by atoms with E-state index in [4.69, 9.17) is 4.74 Å². The first-order valence-corrected chi connectivity index (χ1v) is 6.13. The highest BCUT2D eigenvalue weighted by Gasteiger charge is 2.16. The van der Waals surface area contributed by atoms with Crippen LogP contribution in [0.1, 0.15) is 41.0 Å². The van der Waals surface area contributed by atoms with Gasteiger partial charge in [0.15, 0.2) is 0 Å². The van der Waals surface area contributed by atoms with E-state index in [1.165, 1.54) is 0 Å². The van der Waals surface area contributed by atoms with Crippen molar-refractivity contribution in [3.8, 4) is 0 Å². The Morgan fingerprint density at radius 3 is 2.41 bits per heavy atom. The molecule has 0 saturated heterocycles. The molecule has 0 radical (unpaired) electrons. The molecule has 0 aromatic rings. The fourth-order valence-electron chi connectivity index (χ4n) is 1.10. The first kappa shape index (κ1) is 16.2. The predicted molar refractivity (Wildman–Crippen MR) is 68.0 cm³/mol. The minimum absolute atomic E-state index is 0.101. The maximum absolute atomic E-state index is 11.3. The lowest BCUT2D eigenvalue weighted by Crippen LogP contribution is -2.43. The number of aliphatic hydroxyl groups is 1. The van der Waals surface area contributed by atoms with Crippen molar-refractivity contribution in [2.45, 2.75) is 58.8 Å². The summed E-state index contributed by atoms with van der Waals surface area (Å²) in [6.07, 6.45) is -0.0275. The third-order valence-corrected chi connectivity index (χ3v) is 2.12. The van der Waals surface area contributed by atoms with Crippen LogP contribution in [0.5, 0.6) is 0 Å². The summed E-state index contributed by atoms with van der Waals surface area (Å²) in [5.41, 5.74) is -0.473. The lowest BCUT2D eigenvalue weighted by molar-refractivity contribution is 0.0522. The van der Waals surface area contributed by atoms with E-state index < -0.39 is 11.7 Å². The number of hydrogen-bond acceptors (Lipinski definition) is 4. The maximum atomic E-state index is 11.3. The second kappa shape index (κ2) is 7.50. The van der Waals surface area contributed by atoms with Crippen LogP contribution in [0.15, 0.2) is 0 Å². The average molecular weight is 246 g/mol. The second-order valence-electron chi connectivity index (χ2n) is 5.25. The van der Waals surface area contributed by atoms with Gasteiger partial charge in [-0.05, 0) is 34.1 Å². The molecule has 0 rings (SSSR count). The van der Waals surface area contributed by atoms with Crippen molar-refractivity contribution in [3.05, 3.63) is 0 Å². The number of amides is 1. The van der Waals surface area contributed by atoms with Crippen LogP contribution in [-0.4, -0.2) is 42.0 Å². The number of hydrogen-bond donors (Lipinski definition) is 3. The molecule has 0 spiro atoms. The van der Waals surface area contributed by atoms with Gasteiger partial charge in [-0.3, -0.25) is 0 Å². The van der Waals surface area contributed by atoms with Gasteiger partial charge in [0.25, 0.3) is 0 Å². The van der Waals surface area contributed by atoms with Crippen LogP contribution in [-0.2, 0) is 4.74 Å². The third-order valence-electron chi connectivity index (χ3n) is 2.12. The van der Waals surface area contributed by atoms with Gasteiger partial charge in [0.2, 0.25) is 0 Å². The summed E-state index contributed by atoms with van der Waals surface area (Å²) >= 11 is 0. The molecule has 2 unspecified atom stereocenters. The molecule has 5 nitrogen and oxygen atoms in total. The smallest absolute Gasteiger partial charge is 0.407 e. The molecular formula is C12H26N2O3. The fourth-order valence-corrected chi connectivity index (χ4v) is 1.10. The number of carbonyl (C=O) groups excluding carboxylic acids is 1. The highest BCUT2D eigenvalue weighted by Crippen LogP contribution is 2.06. The van der Waals surface area contributed by atoms with Gasteiger partial charge >= 0.3 is 6.09 Å². The van der Waals surface area contributed by atoms with Gasteiger partial charge in [-0.15, -0.1) is 0 Å². The molecule has 0 fully saturated rings. The molecule has 0 bridgehead atoms. The Morgan fingerprint density at radius 1 is 1.35 bits per heavy atom. The first-order valence-electron chi connectivity index (χ1n) is 6.13. The Balaban J connectivity index is 3.69. The van der Waals surface area contributed by atoms with Gasteiger partial charge in [-0.1, -0.05) is 6.92 Å². The van der Waals surface area contributed by atoms with Crippen molar-refractivity contribution in [2.75, 3.05) is 13.1 Å². The summed E-state index contributed by atoms with van der Waals surface area (Å²) in [5.74, 6) is 0. The maximum Gasteiger partial charge on any atom is 0.407 e. The topological polar surface area (TPSA) is 70.6 Å². The molecule has 1 amide bonds. The number of ether oxygens (including phenoxy) is 1. The van der Waals surface area contributed by atoms with Gasteiger partial charge in [0, 0.05) is 19.1 Å². The van der Waals surface area contributed by atoms with E-state index in [0.29, 0.717) is 13.1 Å². The minimum Gasteiger partial charge on any atom is -0.444 e. The zero-order valence-corrected chi connectivity index (χ0v) is 11.5. The number of aliphatic hydroxyl groups excluding tert-OH is 1. The fraction of sp³-hybridized carbons (Fsp3) is 0.917. The molecule has 2 atom stereocenters. The molecule has 0 aliphatic carbocycles. The van der Waals surface area contributed by atoms with Gasteiger partial charge in [-0.25, -0.2) is 4.79 Å². The van der Waals surface area contributed by atoms with Gasteiger partial charge in [0.1, 0.15) is 5.60 Å². The summed E-state index contributed by atoms with van der Waals surface area (Å²) in [7, 11) is 0. The quantitative estimate of drug-likeness (QED) is 0.660. The predicted octanol–water partition coefficient (Wildman–Crippen LogP) is 1.26. The van der Waals surface area contributed by atoms with E-state index >= 15 is 0 Å². The second-order valence-corrected chi connectivity index (χ2v) is 5.25. The number of carbonyl (C=O) groups is 1. The van der Waals surface area contributed by atoms with Gasteiger partial charge in [0.05, 0.1) is 6.10 Å². The Labute approximate surface area is 104 Å². The van der Waals surface area contributed by atoms with Crippen molar-refractivity contribution >= 4 is 6.09 Å². The Kier molecular flexibility index (Phi) is 7.15. The van der Waals surface area contributed by atoms with Crippen LogP contribution >= 0.6 is 0 Å². The zero-order valence-electron chi connectivity index (χ0n) is 11.5. The van der Waals surface area contributed by atoms with Crippen LogP contribution in [0.4, 0.5) is 4.79 Å². The van der Waals surface area contributed by atoms with Gasteiger partial charge in [-0.2, -0.15) is 0 Å². The third kappa shape index (κ3) is 10.1. The molecule has 0 heterocycles. The highest BCUT2D eigenvalue weighted by atomic mass is 16.6. The molecule has 102 valence electrons. The van der Waals surface area contributed by atoms with Crippen LogP contribution in [0.2, 0.25) is 0 Å². The Morgan fingerprint density at radius 2 is 1.94 bits per heavy atom. The summed E-state index contributed by atoms with van der Waals surface area (Å²) in [4.78, 5) is 11.3. The largest absolute Gasteiger partial charge is 0.444 e. The van der Waals surface area contributed by atoms with Gasteiger partial charge < -0.3 is 20.5 Å². The summed E-state index contributed by atoms with van der Waals surface area (Å²) in [6, 6.07) is 0.101. The van der Waals surface area contributed by atoms with E-state index in [0.717, 1.165) is 6.42 Å². The molecule has 0 saturated carbocycles. The highest BCUT2D eigenvalue weighted by molar-refractivity contribution is 5.67. The van der Waals surface area contributed by atoms with Crippen molar-refractivity contribution in [1.29, 1.82) is 0 Å². The summed E-state index contributed by atoms with van der Waals surface area (Å²) in [6.45, 7) is 10.4. The van der Waals surface area contributed by atoms with Crippen molar-refractivity contribution in [1.82, 2.24) is 10.6 Å². The molecule has 0 aromatic heterocycles. The Hall–Kier alpha value is -0.810. The Bertz CT molecular complexity index is 226. The van der Waals surface area contributed by atoms with E-state index in [-0.39, 0.29) is 12.1 Å². The normalized spacial score (nSPS) is 15.2. The molecule has 3 N–H and O–H groups in total. The number of nitrogens with one attached hydrogen (secondary N) is 2. The van der Waals surface area contributed by atoms with Crippen molar-refractivity contribution < 1.29 is 14.6 Å². The van der Waals surface area contributed by atoms with E-state index in [9.17, 15) is 9.90 Å². The summed E-state index contributed by atoms with van der Waals surface area (Å²) < 4.78 is 5.11. The average Bonchev–Trinajstić information content (AvgIpc) is 2.20. The summed E-state index contributed by atoms with van der Waals surface area (Å²) in [5, 5.41) is 15.2. The monoisotopic (exact) mass is 246 g/mol.